The van der Waals surface area contributed by atoms with Gasteiger partial charge in [-0.05, 0) is 50.3 Å². The topological polar surface area (TPSA) is 123 Å². The van der Waals surface area contributed by atoms with E-state index >= 15 is 4.39 Å². The minimum absolute atomic E-state index is 0.00287. The standard InChI is InChI=1S/C29H33ClFN7O3.C4H8/c1-17-13-29(5-3-7-38(29)15-17)16-41-28-35-25-22(26(36-28)37-6-4-9-40-10-8-37)27(39-2)34-24(23(25)31)19-11-18(30)12-21(33)20(19)14-32;1-4-2-3-4/h11-12,14,32H,1,3-10,13,15-16,33H2,2H3;4H,2-3H2,1H3. The number of ether oxygens (including phenoxy) is 3. The van der Waals surface area contributed by atoms with Crippen molar-refractivity contribution in [1.82, 2.24) is 19.9 Å². The molecule has 1 saturated carbocycles. The predicted molar refractivity (Wildman–Crippen MR) is 175 cm³/mol. The monoisotopic (exact) mass is 637 g/mol. The molecule has 3 saturated heterocycles. The molecule has 3 aromatic rings. The summed E-state index contributed by atoms with van der Waals surface area (Å²) in [4.78, 5) is 18.4. The van der Waals surface area contributed by atoms with E-state index in [1.165, 1.54) is 37.7 Å². The molecule has 0 radical (unpaired) electrons. The maximum Gasteiger partial charge on any atom is 0.319 e. The molecule has 0 spiro atoms. The molecule has 3 N–H and O–H groups in total. The predicted octanol–water partition coefficient (Wildman–Crippen LogP) is 5.89. The van der Waals surface area contributed by atoms with Crippen molar-refractivity contribution in [3.05, 3.63) is 40.7 Å². The summed E-state index contributed by atoms with van der Waals surface area (Å²) in [5.41, 5.74) is 7.87. The number of hydrogen-bond acceptors (Lipinski definition) is 10. The molecule has 1 unspecified atom stereocenters. The lowest BCUT2D eigenvalue weighted by Crippen LogP contribution is -2.43. The largest absolute Gasteiger partial charge is 0.480 e. The van der Waals surface area contributed by atoms with E-state index in [1.54, 1.807) is 0 Å². The maximum absolute atomic E-state index is 16.6. The van der Waals surface area contributed by atoms with Gasteiger partial charge in [0.15, 0.2) is 5.82 Å². The molecule has 1 aromatic carbocycles. The van der Waals surface area contributed by atoms with Gasteiger partial charge in [0.1, 0.15) is 29.0 Å². The Bertz CT molecular complexity index is 1610. The van der Waals surface area contributed by atoms with Crippen LogP contribution in [-0.2, 0) is 4.74 Å². The van der Waals surface area contributed by atoms with Crippen LogP contribution in [0.3, 0.4) is 0 Å². The summed E-state index contributed by atoms with van der Waals surface area (Å²) in [7, 11) is 1.47. The summed E-state index contributed by atoms with van der Waals surface area (Å²) >= 11 is 6.29. The van der Waals surface area contributed by atoms with Crippen LogP contribution in [0, 0.1) is 17.1 Å². The molecule has 4 fully saturated rings. The molecule has 7 rings (SSSR count). The fourth-order valence-corrected chi connectivity index (χ4v) is 6.72. The van der Waals surface area contributed by atoms with Crippen molar-refractivity contribution in [2.45, 2.75) is 51.0 Å². The fraction of sp³-hybridized carbons (Fsp3) is 0.515. The molecule has 0 bridgehead atoms. The maximum atomic E-state index is 16.6. The molecule has 10 nitrogen and oxygen atoms in total. The van der Waals surface area contributed by atoms with Gasteiger partial charge in [0.2, 0.25) is 5.88 Å². The minimum Gasteiger partial charge on any atom is -0.480 e. The highest BCUT2D eigenvalue weighted by atomic mass is 35.5. The highest BCUT2D eigenvalue weighted by molar-refractivity contribution is 6.31. The second-order valence-corrected chi connectivity index (χ2v) is 13.0. The Morgan fingerprint density at radius 3 is 2.73 bits per heavy atom. The van der Waals surface area contributed by atoms with E-state index < -0.39 is 5.82 Å². The Morgan fingerprint density at radius 2 is 2.00 bits per heavy atom. The van der Waals surface area contributed by atoms with Crippen LogP contribution in [0.4, 0.5) is 15.9 Å². The van der Waals surface area contributed by atoms with Crippen LogP contribution in [0.1, 0.15) is 51.0 Å². The number of nitrogens with zero attached hydrogens (tertiary/aromatic N) is 5. The second kappa shape index (κ2) is 13.1. The van der Waals surface area contributed by atoms with Gasteiger partial charge in [-0.25, -0.2) is 9.37 Å². The Balaban J connectivity index is 0.000000828. The molecule has 4 aliphatic rings. The number of halogens is 2. The van der Waals surface area contributed by atoms with E-state index in [2.05, 4.69) is 28.4 Å². The van der Waals surface area contributed by atoms with Gasteiger partial charge in [0, 0.05) is 54.3 Å². The summed E-state index contributed by atoms with van der Waals surface area (Å²) in [6, 6.07) is 3.12. The zero-order valence-corrected chi connectivity index (χ0v) is 26.8. The number of hydrogen-bond donors (Lipinski definition) is 2. The van der Waals surface area contributed by atoms with Gasteiger partial charge in [-0.1, -0.05) is 43.5 Å². The molecule has 2 aromatic heterocycles. The molecule has 45 heavy (non-hydrogen) atoms. The quantitative estimate of drug-likeness (QED) is 0.185. The van der Waals surface area contributed by atoms with Crippen molar-refractivity contribution >= 4 is 40.2 Å². The van der Waals surface area contributed by atoms with Gasteiger partial charge in [-0.2, -0.15) is 9.97 Å². The third-order valence-corrected chi connectivity index (χ3v) is 9.29. The zero-order valence-electron chi connectivity index (χ0n) is 26.0. The van der Waals surface area contributed by atoms with E-state index in [4.69, 9.17) is 41.9 Å². The first-order valence-electron chi connectivity index (χ1n) is 15.7. The Hall–Kier alpha value is -3.54. The lowest BCUT2D eigenvalue weighted by molar-refractivity contribution is 0.108. The first kappa shape index (κ1) is 31.4. The van der Waals surface area contributed by atoms with Crippen LogP contribution >= 0.6 is 11.6 Å². The lowest BCUT2D eigenvalue weighted by Gasteiger charge is -2.31. The van der Waals surface area contributed by atoms with Gasteiger partial charge in [-0.15, -0.1) is 0 Å². The number of benzene rings is 1. The molecular formula is C33H41ClFN7O3. The number of nitrogen functional groups attached to an aromatic ring is 1. The number of aromatic nitrogens is 3. The highest BCUT2D eigenvalue weighted by Crippen LogP contribution is 2.43. The third-order valence-electron chi connectivity index (χ3n) is 9.07. The Labute approximate surface area is 268 Å². The van der Waals surface area contributed by atoms with Gasteiger partial charge in [0.25, 0.3) is 0 Å². The van der Waals surface area contributed by atoms with Crippen LogP contribution in [0.2, 0.25) is 5.02 Å². The van der Waals surface area contributed by atoms with Crippen LogP contribution < -0.4 is 20.1 Å². The first-order valence-corrected chi connectivity index (χ1v) is 16.0. The SMILES string of the molecule is C=C1CN2CCCC2(COc2nc(N3CCCOCC3)c3c(OC)nc(-c4cc(Cl)cc(N)c4C=N)c(F)c3n2)C1.CC1CC1. The number of rotatable bonds is 7. The summed E-state index contributed by atoms with van der Waals surface area (Å²) in [5.74, 6) is 0.991. The average molecular weight is 638 g/mol. The minimum atomic E-state index is -0.708. The van der Waals surface area contributed by atoms with E-state index in [1.807, 2.05) is 4.90 Å². The Kier molecular flexibility index (Phi) is 9.12. The molecule has 3 aliphatic heterocycles. The van der Waals surface area contributed by atoms with Gasteiger partial charge in [-0.3, -0.25) is 4.90 Å². The normalized spacial score (nSPS) is 21.7. The molecule has 1 aliphatic carbocycles. The van der Waals surface area contributed by atoms with Crippen LogP contribution in [0.25, 0.3) is 22.2 Å². The zero-order chi connectivity index (χ0) is 31.7. The van der Waals surface area contributed by atoms with Crippen LogP contribution in [0.5, 0.6) is 11.9 Å². The number of fused-ring (bicyclic) bond motifs is 2. The lowest BCUT2D eigenvalue weighted by atomic mass is 9.94. The van der Waals surface area contributed by atoms with Crippen molar-refractivity contribution in [2.24, 2.45) is 5.92 Å². The number of anilines is 2. The molecule has 1 atom stereocenters. The molecule has 12 heteroatoms. The van der Waals surface area contributed by atoms with Crippen molar-refractivity contribution in [3.63, 3.8) is 0 Å². The molecule has 240 valence electrons. The summed E-state index contributed by atoms with van der Waals surface area (Å²) in [6.07, 6.45) is 7.75. The fourth-order valence-electron chi connectivity index (χ4n) is 6.49. The van der Waals surface area contributed by atoms with Crippen molar-refractivity contribution in [2.75, 3.05) is 63.7 Å². The van der Waals surface area contributed by atoms with Crippen molar-refractivity contribution < 1.29 is 18.6 Å². The summed E-state index contributed by atoms with van der Waals surface area (Å²) in [6.45, 7) is 11.1. The first-order chi connectivity index (χ1) is 21.7. The molecular weight excluding hydrogens is 597 g/mol. The van der Waals surface area contributed by atoms with E-state index in [0.29, 0.717) is 54.7 Å². The summed E-state index contributed by atoms with van der Waals surface area (Å²) in [5, 5.41) is 8.53. The Morgan fingerprint density at radius 1 is 1.20 bits per heavy atom. The van der Waals surface area contributed by atoms with Crippen molar-refractivity contribution in [1.29, 1.82) is 5.41 Å². The van der Waals surface area contributed by atoms with Crippen molar-refractivity contribution in [3.8, 4) is 23.1 Å². The van der Waals surface area contributed by atoms with E-state index in [-0.39, 0.29) is 39.9 Å². The molecule has 5 heterocycles. The van der Waals surface area contributed by atoms with Crippen LogP contribution in [-0.4, -0.2) is 84.7 Å². The van der Waals surface area contributed by atoms with Gasteiger partial charge < -0.3 is 30.3 Å². The highest BCUT2D eigenvalue weighted by Gasteiger charge is 2.46. The smallest absolute Gasteiger partial charge is 0.319 e. The third kappa shape index (κ3) is 6.43. The average Bonchev–Trinajstić information content (AvgIpc) is 3.70. The second-order valence-electron chi connectivity index (χ2n) is 12.5. The van der Waals surface area contributed by atoms with Crippen LogP contribution in [0.15, 0.2) is 24.3 Å². The summed E-state index contributed by atoms with van der Waals surface area (Å²) < 4.78 is 34.2. The van der Waals surface area contributed by atoms with Gasteiger partial charge >= 0.3 is 6.01 Å². The number of nitrogens with two attached hydrogens (primary N) is 1. The number of methoxy groups -OCH3 is 1. The van der Waals surface area contributed by atoms with E-state index in [0.717, 1.165) is 50.9 Å². The van der Waals surface area contributed by atoms with Gasteiger partial charge in [0.05, 0.1) is 19.3 Å². The number of pyridine rings is 1. The van der Waals surface area contributed by atoms with E-state index in [9.17, 15) is 0 Å². The molecule has 0 amide bonds. The number of nitrogens with one attached hydrogen (secondary N) is 1.